The average Bonchev–Trinajstić information content (AvgIpc) is 3.59. The number of thiophene rings is 1. The molecule has 0 spiro atoms. The smallest absolute Gasteiger partial charge is 0.341 e. The van der Waals surface area contributed by atoms with Crippen LogP contribution in [0.1, 0.15) is 88.0 Å². The van der Waals surface area contributed by atoms with E-state index in [9.17, 15) is 9.59 Å². The molecular weight excluding hydrogens is 484 g/mol. The van der Waals surface area contributed by atoms with Gasteiger partial charge >= 0.3 is 5.97 Å². The first-order chi connectivity index (χ1) is 17.9. The van der Waals surface area contributed by atoms with E-state index in [2.05, 4.69) is 5.32 Å². The lowest BCUT2D eigenvalue weighted by molar-refractivity contribution is 0.0378. The summed E-state index contributed by atoms with van der Waals surface area (Å²) in [5.41, 5.74) is 5.33. The fraction of sp³-hybridized carbons (Fsp3) is 0.379. The number of anilines is 1. The molecule has 1 aromatic carbocycles. The number of para-hydroxylation sites is 1. The first-order valence-electron chi connectivity index (χ1n) is 13.0. The number of carbonyl (C=O) groups is 2. The molecule has 3 heterocycles. The Morgan fingerprint density at radius 1 is 1.14 bits per heavy atom. The minimum atomic E-state index is -0.365. The third-order valence-corrected chi connectivity index (χ3v) is 8.23. The number of pyridine rings is 1. The molecule has 4 aromatic rings. The number of nitrogens with zero attached hydrogens (tertiary/aromatic N) is 3. The number of rotatable bonds is 6. The summed E-state index contributed by atoms with van der Waals surface area (Å²) in [7, 11) is 0. The number of fused-ring (bicyclic) bond motifs is 2. The lowest BCUT2D eigenvalue weighted by Gasteiger charge is -2.14. The number of ether oxygens (including phenoxy) is 1. The summed E-state index contributed by atoms with van der Waals surface area (Å²) < 4.78 is 7.40. The molecule has 37 heavy (non-hydrogen) atoms. The number of benzene rings is 1. The van der Waals surface area contributed by atoms with E-state index >= 15 is 0 Å². The highest BCUT2D eigenvalue weighted by atomic mass is 32.1. The minimum Gasteiger partial charge on any atom is -0.459 e. The zero-order valence-corrected chi connectivity index (χ0v) is 22.2. The summed E-state index contributed by atoms with van der Waals surface area (Å²) in [6.45, 7) is 5.59. The molecule has 0 bridgehead atoms. The van der Waals surface area contributed by atoms with E-state index in [1.54, 1.807) is 0 Å². The van der Waals surface area contributed by atoms with Crippen LogP contribution in [0.5, 0.6) is 0 Å². The summed E-state index contributed by atoms with van der Waals surface area (Å²) >= 11 is 1.51. The highest BCUT2D eigenvalue weighted by Gasteiger charge is 2.31. The van der Waals surface area contributed by atoms with Gasteiger partial charge < -0.3 is 10.1 Å². The van der Waals surface area contributed by atoms with Crippen LogP contribution in [0.2, 0.25) is 0 Å². The van der Waals surface area contributed by atoms with E-state index in [4.69, 9.17) is 14.8 Å². The zero-order chi connectivity index (χ0) is 25.7. The Labute approximate surface area is 219 Å². The van der Waals surface area contributed by atoms with Crippen LogP contribution in [0.15, 0.2) is 36.4 Å². The maximum atomic E-state index is 13.9. The van der Waals surface area contributed by atoms with Gasteiger partial charge in [0, 0.05) is 16.5 Å². The van der Waals surface area contributed by atoms with Crippen LogP contribution in [0.3, 0.4) is 0 Å². The molecule has 6 rings (SSSR count). The molecule has 0 unspecified atom stereocenters. The van der Waals surface area contributed by atoms with Gasteiger partial charge in [-0.1, -0.05) is 18.2 Å². The van der Waals surface area contributed by atoms with Crippen LogP contribution < -0.4 is 5.32 Å². The van der Waals surface area contributed by atoms with Gasteiger partial charge in [0.25, 0.3) is 5.91 Å². The van der Waals surface area contributed by atoms with Crippen molar-refractivity contribution in [2.75, 3.05) is 5.32 Å². The normalized spacial score (nSPS) is 15.1. The van der Waals surface area contributed by atoms with Crippen LogP contribution in [-0.4, -0.2) is 32.7 Å². The summed E-state index contributed by atoms with van der Waals surface area (Å²) in [5.74, 6) is -0.250. The van der Waals surface area contributed by atoms with Crippen molar-refractivity contribution in [2.45, 2.75) is 71.3 Å². The number of amides is 1. The Morgan fingerprint density at radius 3 is 2.62 bits per heavy atom. The van der Waals surface area contributed by atoms with Gasteiger partial charge in [-0.05, 0) is 83.1 Å². The van der Waals surface area contributed by atoms with Crippen molar-refractivity contribution >= 4 is 39.2 Å². The van der Waals surface area contributed by atoms with Crippen molar-refractivity contribution in [2.24, 2.45) is 0 Å². The van der Waals surface area contributed by atoms with Crippen LogP contribution in [0, 0.1) is 6.92 Å². The molecule has 1 N–H and O–H groups in total. The Hall–Kier alpha value is -3.52. The number of esters is 1. The van der Waals surface area contributed by atoms with Gasteiger partial charge in [0.15, 0.2) is 5.65 Å². The monoisotopic (exact) mass is 514 g/mol. The highest BCUT2D eigenvalue weighted by molar-refractivity contribution is 7.17. The number of nitrogens with one attached hydrogen (secondary N) is 1. The maximum Gasteiger partial charge on any atom is 0.341 e. The van der Waals surface area contributed by atoms with Gasteiger partial charge in [0.05, 0.1) is 34.0 Å². The predicted octanol–water partition coefficient (Wildman–Crippen LogP) is 6.36. The van der Waals surface area contributed by atoms with Crippen LogP contribution in [0.25, 0.3) is 16.7 Å². The fourth-order valence-electron chi connectivity index (χ4n) is 5.14. The number of aromatic nitrogens is 3. The van der Waals surface area contributed by atoms with Crippen LogP contribution >= 0.6 is 11.3 Å². The highest BCUT2D eigenvalue weighted by Crippen LogP contribution is 2.42. The summed E-state index contributed by atoms with van der Waals surface area (Å²) in [4.78, 5) is 33.2. The molecule has 2 aliphatic rings. The van der Waals surface area contributed by atoms with Gasteiger partial charge in [-0.25, -0.2) is 14.5 Å². The molecule has 1 saturated carbocycles. The second kappa shape index (κ2) is 9.41. The quantitative estimate of drug-likeness (QED) is 0.302. The Morgan fingerprint density at radius 2 is 1.89 bits per heavy atom. The number of carbonyl (C=O) groups excluding carboxylic acids is 2. The largest absolute Gasteiger partial charge is 0.459 e. The third kappa shape index (κ3) is 4.44. The second-order valence-corrected chi connectivity index (χ2v) is 11.3. The Bertz CT molecular complexity index is 1520. The van der Waals surface area contributed by atoms with Gasteiger partial charge in [0.2, 0.25) is 0 Å². The van der Waals surface area contributed by atoms with E-state index < -0.39 is 0 Å². The molecule has 0 atom stereocenters. The van der Waals surface area contributed by atoms with Crippen molar-refractivity contribution in [3.63, 3.8) is 0 Å². The first-order valence-corrected chi connectivity index (χ1v) is 13.8. The molecule has 1 fully saturated rings. The lowest BCUT2D eigenvalue weighted by atomic mass is 9.95. The molecule has 0 radical (unpaired) electrons. The molecule has 190 valence electrons. The van der Waals surface area contributed by atoms with Gasteiger partial charge in [-0.3, -0.25) is 4.79 Å². The molecular formula is C29H30N4O3S. The second-order valence-electron chi connectivity index (χ2n) is 10.2. The fourth-order valence-corrected chi connectivity index (χ4v) is 6.41. The third-order valence-electron chi connectivity index (χ3n) is 7.02. The SMILES string of the molecule is Cc1nn(-c2ccccc2)c2nc(C3CC3)cc(C(=O)Nc3sc4c(c3C(=O)OC(C)C)CCCC4)c12. The minimum absolute atomic E-state index is 0.234. The molecule has 1 amide bonds. The number of aryl methyl sites for hydroxylation is 2. The topological polar surface area (TPSA) is 86.1 Å². The van der Waals surface area contributed by atoms with E-state index in [0.717, 1.165) is 66.5 Å². The molecule has 7 nitrogen and oxygen atoms in total. The van der Waals surface area contributed by atoms with Crippen molar-refractivity contribution in [3.05, 3.63) is 69.4 Å². The molecule has 2 aliphatic carbocycles. The standard InChI is InChI=1S/C29H30N4O3S/c1-16(2)36-29(35)25-20-11-7-8-12-23(20)37-28(25)31-27(34)21-15-22(18-13-14-18)30-26-24(21)17(3)32-33(26)19-9-5-4-6-10-19/h4-6,9-10,15-16,18H,7-8,11-14H2,1-3H3,(H,31,34). The van der Waals surface area contributed by atoms with E-state index in [1.807, 2.05) is 61.9 Å². The van der Waals surface area contributed by atoms with Crippen molar-refractivity contribution in [3.8, 4) is 5.69 Å². The maximum absolute atomic E-state index is 13.9. The Kier molecular flexibility index (Phi) is 6.07. The van der Waals surface area contributed by atoms with E-state index in [1.165, 1.54) is 16.2 Å². The molecule has 8 heteroatoms. The summed E-state index contributed by atoms with van der Waals surface area (Å²) in [5, 5.41) is 9.18. The zero-order valence-electron chi connectivity index (χ0n) is 21.3. The van der Waals surface area contributed by atoms with Crippen molar-refractivity contribution < 1.29 is 14.3 Å². The van der Waals surface area contributed by atoms with E-state index in [0.29, 0.717) is 27.7 Å². The predicted molar refractivity (Wildman–Crippen MR) is 145 cm³/mol. The van der Waals surface area contributed by atoms with Gasteiger partial charge in [0.1, 0.15) is 5.00 Å². The summed E-state index contributed by atoms with van der Waals surface area (Å²) in [6.07, 6.45) is 5.79. The summed E-state index contributed by atoms with van der Waals surface area (Å²) in [6, 6.07) is 11.8. The number of hydrogen-bond donors (Lipinski definition) is 1. The van der Waals surface area contributed by atoms with Crippen LogP contribution in [-0.2, 0) is 17.6 Å². The molecule has 3 aromatic heterocycles. The molecule has 0 aliphatic heterocycles. The number of hydrogen-bond acceptors (Lipinski definition) is 6. The van der Waals surface area contributed by atoms with Crippen LogP contribution in [0.4, 0.5) is 5.00 Å². The average molecular weight is 515 g/mol. The van der Waals surface area contributed by atoms with Gasteiger partial charge in [-0.15, -0.1) is 11.3 Å². The van der Waals surface area contributed by atoms with E-state index in [-0.39, 0.29) is 18.0 Å². The van der Waals surface area contributed by atoms with Crippen molar-refractivity contribution in [1.82, 2.24) is 14.8 Å². The molecule has 0 saturated heterocycles. The van der Waals surface area contributed by atoms with Crippen molar-refractivity contribution in [1.29, 1.82) is 0 Å². The Balaban J connectivity index is 1.45. The lowest BCUT2D eigenvalue weighted by Crippen LogP contribution is -2.18. The first kappa shape index (κ1) is 23.9. The van der Waals surface area contributed by atoms with Gasteiger partial charge in [-0.2, -0.15) is 5.10 Å².